The van der Waals surface area contributed by atoms with Crippen LogP contribution in [0.4, 0.5) is 0 Å². The van der Waals surface area contributed by atoms with Crippen molar-refractivity contribution in [3.63, 3.8) is 0 Å². The monoisotopic (exact) mass is 543 g/mol. The number of aryl methyl sites for hydroxylation is 1. The number of carbonyl (C=O) groups excluding carboxylic acids is 3. The molecule has 0 aliphatic rings. The lowest BCUT2D eigenvalue weighted by Gasteiger charge is -2.15. The standard InChI is InChI=1S/C29H25N3O6S/c1-18-11-13-20(14-12-18)39(36,37)32-17-23(22-8-4-6-10-26(22)32)27(33)28(34)31-25(29(35)38-2)15-19-16-30-24-9-5-3-7-21(19)24/h3-14,16-17,25,30H,15H2,1-2H3,(H,31,34)/t25-/m1/s1. The first kappa shape index (κ1) is 25.9. The summed E-state index contributed by atoms with van der Waals surface area (Å²) >= 11 is 0. The second kappa shape index (κ2) is 10.2. The predicted molar refractivity (Wildman–Crippen MR) is 146 cm³/mol. The Morgan fingerprint density at radius 3 is 2.33 bits per heavy atom. The van der Waals surface area contributed by atoms with Gasteiger partial charge in [-0.15, -0.1) is 0 Å². The topological polar surface area (TPSA) is 127 Å². The molecule has 2 aromatic heterocycles. The van der Waals surface area contributed by atoms with E-state index < -0.39 is 33.7 Å². The Hall–Kier alpha value is -4.70. The molecule has 2 N–H and O–H groups in total. The minimum absolute atomic E-state index is 0.0433. The Balaban J connectivity index is 1.47. The van der Waals surface area contributed by atoms with Crippen LogP contribution in [0.15, 0.2) is 90.1 Å². The molecule has 0 bridgehead atoms. The molecule has 1 atom stereocenters. The van der Waals surface area contributed by atoms with E-state index in [4.69, 9.17) is 4.74 Å². The van der Waals surface area contributed by atoms with Gasteiger partial charge in [-0.05, 0) is 36.8 Å². The minimum Gasteiger partial charge on any atom is -0.467 e. The molecular formula is C29H25N3O6S. The molecule has 5 aromatic rings. The van der Waals surface area contributed by atoms with E-state index >= 15 is 0 Å². The maximum absolute atomic E-state index is 13.4. The summed E-state index contributed by atoms with van der Waals surface area (Å²) in [6.07, 6.45) is 2.96. The van der Waals surface area contributed by atoms with Gasteiger partial charge >= 0.3 is 5.97 Å². The van der Waals surface area contributed by atoms with Gasteiger partial charge in [0.25, 0.3) is 21.7 Å². The van der Waals surface area contributed by atoms with Gasteiger partial charge in [0.2, 0.25) is 0 Å². The maximum atomic E-state index is 13.4. The van der Waals surface area contributed by atoms with Crippen LogP contribution in [0.5, 0.6) is 0 Å². The first-order valence-electron chi connectivity index (χ1n) is 12.1. The van der Waals surface area contributed by atoms with Gasteiger partial charge in [0, 0.05) is 35.1 Å². The molecule has 0 saturated heterocycles. The van der Waals surface area contributed by atoms with E-state index in [9.17, 15) is 22.8 Å². The van der Waals surface area contributed by atoms with E-state index in [1.54, 1.807) is 42.6 Å². The van der Waals surface area contributed by atoms with Crippen molar-refractivity contribution < 1.29 is 27.5 Å². The lowest BCUT2D eigenvalue weighted by Crippen LogP contribution is -2.45. The van der Waals surface area contributed by atoms with Gasteiger partial charge in [0.1, 0.15) is 6.04 Å². The second-order valence-corrected chi connectivity index (χ2v) is 10.9. The molecule has 39 heavy (non-hydrogen) atoms. The summed E-state index contributed by atoms with van der Waals surface area (Å²) in [5.41, 5.74) is 2.66. The Morgan fingerprint density at radius 1 is 0.949 bits per heavy atom. The zero-order valence-corrected chi connectivity index (χ0v) is 22.0. The quantitative estimate of drug-likeness (QED) is 0.174. The van der Waals surface area contributed by atoms with E-state index in [0.29, 0.717) is 5.39 Å². The van der Waals surface area contributed by atoms with Crippen molar-refractivity contribution in [1.82, 2.24) is 14.3 Å². The van der Waals surface area contributed by atoms with Crippen molar-refractivity contribution in [2.75, 3.05) is 7.11 Å². The average Bonchev–Trinajstić information content (AvgIpc) is 3.54. The number of para-hydroxylation sites is 2. The Kier molecular flexibility index (Phi) is 6.80. The van der Waals surface area contributed by atoms with Gasteiger partial charge in [0.15, 0.2) is 0 Å². The van der Waals surface area contributed by atoms with Gasteiger partial charge in [-0.2, -0.15) is 0 Å². The third-order valence-electron chi connectivity index (χ3n) is 6.60. The van der Waals surface area contributed by atoms with Gasteiger partial charge in [-0.1, -0.05) is 54.1 Å². The molecule has 0 aliphatic carbocycles. The largest absolute Gasteiger partial charge is 0.467 e. The van der Waals surface area contributed by atoms with E-state index in [1.165, 1.54) is 19.2 Å². The number of ketones is 1. The van der Waals surface area contributed by atoms with E-state index in [-0.39, 0.29) is 22.4 Å². The van der Waals surface area contributed by atoms with Gasteiger partial charge in [-0.25, -0.2) is 17.2 Å². The van der Waals surface area contributed by atoms with Crippen LogP contribution in [-0.2, 0) is 30.8 Å². The summed E-state index contributed by atoms with van der Waals surface area (Å²) < 4.78 is 32.8. The number of methoxy groups -OCH3 is 1. The van der Waals surface area contributed by atoms with Crippen LogP contribution >= 0.6 is 0 Å². The highest BCUT2D eigenvalue weighted by atomic mass is 32.2. The van der Waals surface area contributed by atoms with E-state index in [1.807, 2.05) is 31.2 Å². The minimum atomic E-state index is -4.06. The van der Waals surface area contributed by atoms with Crippen LogP contribution < -0.4 is 5.32 Å². The van der Waals surface area contributed by atoms with Gasteiger partial charge < -0.3 is 15.0 Å². The fourth-order valence-corrected chi connectivity index (χ4v) is 5.93. The number of aromatic amines is 1. The molecule has 10 heteroatoms. The zero-order chi connectivity index (χ0) is 27.7. The normalized spacial score (nSPS) is 12.4. The molecule has 0 saturated carbocycles. The molecule has 0 spiro atoms. The van der Waals surface area contributed by atoms with Crippen molar-refractivity contribution in [1.29, 1.82) is 0 Å². The number of Topliss-reactive ketones (excluding diaryl/α,β-unsaturated/α-hetero) is 1. The lowest BCUT2D eigenvalue weighted by atomic mass is 10.0. The van der Waals surface area contributed by atoms with Crippen molar-refractivity contribution in [3.8, 4) is 0 Å². The van der Waals surface area contributed by atoms with E-state index in [2.05, 4.69) is 10.3 Å². The number of aromatic nitrogens is 2. The molecular weight excluding hydrogens is 518 g/mol. The molecule has 5 rings (SSSR count). The fraction of sp³-hybridized carbons (Fsp3) is 0.138. The molecule has 0 radical (unpaired) electrons. The molecule has 1 amide bonds. The first-order chi connectivity index (χ1) is 18.7. The van der Waals surface area contributed by atoms with Crippen LogP contribution in [0.3, 0.4) is 0 Å². The summed E-state index contributed by atoms with van der Waals surface area (Å²) in [4.78, 5) is 42.2. The highest BCUT2D eigenvalue weighted by Gasteiger charge is 2.30. The first-order valence-corrected chi connectivity index (χ1v) is 13.5. The maximum Gasteiger partial charge on any atom is 0.328 e. The van der Waals surface area contributed by atoms with Crippen molar-refractivity contribution >= 4 is 49.5 Å². The summed E-state index contributed by atoms with van der Waals surface area (Å²) in [6, 6.07) is 19.1. The fourth-order valence-electron chi connectivity index (χ4n) is 4.56. The van der Waals surface area contributed by atoms with Crippen LogP contribution in [0, 0.1) is 6.92 Å². The summed E-state index contributed by atoms with van der Waals surface area (Å²) in [5.74, 6) is -2.75. The number of esters is 1. The Bertz CT molecular complexity index is 1830. The number of amides is 1. The van der Waals surface area contributed by atoms with Crippen molar-refractivity contribution in [3.05, 3.63) is 102 Å². The number of benzene rings is 3. The van der Waals surface area contributed by atoms with Crippen molar-refractivity contribution in [2.45, 2.75) is 24.3 Å². The number of H-pyrrole nitrogens is 1. The molecule has 9 nitrogen and oxygen atoms in total. The highest BCUT2D eigenvalue weighted by Crippen LogP contribution is 2.27. The molecule has 0 fully saturated rings. The third-order valence-corrected chi connectivity index (χ3v) is 8.28. The van der Waals surface area contributed by atoms with Gasteiger partial charge in [0.05, 0.1) is 23.1 Å². The number of hydrogen-bond donors (Lipinski definition) is 2. The van der Waals surface area contributed by atoms with Crippen molar-refractivity contribution in [2.24, 2.45) is 0 Å². The number of nitrogens with one attached hydrogen (secondary N) is 2. The number of carbonyl (C=O) groups is 3. The predicted octanol–water partition coefficient (Wildman–Crippen LogP) is 3.75. The molecule has 0 unspecified atom stereocenters. The Labute approximate surface area is 224 Å². The molecule has 3 aromatic carbocycles. The zero-order valence-electron chi connectivity index (χ0n) is 21.2. The van der Waals surface area contributed by atoms with E-state index in [0.717, 1.165) is 32.2 Å². The smallest absolute Gasteiger partial charge is 0.328 e. The highest BCUT2D eigenvalue weighted by molar-refractivity contribution is 7.90. The number of ether oxygens (including phenoxy) is 1. The third kappa shape index (κ3) is 4.82. The van der Waals surface area contributed by atoms with Crippen LogP contribution in [0.1, 0.15) is 21.5 Å². The summed E-state index contributed by atoms with van der Waals surface area (Å²) in [7, 11) is -2.86. The van der Waals surface area contributed by atoms with Crippen LogP contribution in [0.25, 0.3) is 21.8 Å². The second-order valence-electron chi connectivity index (χ2n) is 9.12. The summed E-state index contributed by atoms with van der Waals surface area (Å²) in [5, 5.41) is 3.65. The SMILES string of the molecule is COC(=O)[C@@H](Cc1c[nH]c2ccccc12)NC(=O)C(=O)c1cn(S(=O)(=O)c2ccc(C)cc2)c2ccccc12. The lowest BCUT2D eigenvalue weighted by molar-refractivity contribution is -0.144. The number of rotatable bonds is 8. The molecule has 0 aliphatic heterocycles. The average molecular weight is 544 g/mol. The van der Waals surface area contributed by atoms with Crippen LogP contribution in [-0.4, -0.2) is 48.2 Å². The Morgan fingerprint density at radius 2 is 1.62 bits per heavy atom. The molecule has 2 heterocycles. The van der Waals surface area contributed by atoms with Crippen LogP contribution in [0.2, 0.25) is 0 Å². The summed E-state index contributed by atoms with van der Waals surface area (Å²) in [6.45, 7) is 1.84. The number of fused-ring (bicyclic) bond motifs is 2. The van der Waals surface area contributed by atoms with Gasteiger partial charge in [-0.3, -0.25) is 9.59 Å². The number of nitrogens with zero attached hydrogens (tertiary/aromatic N) is 1. The molecule has 198 valence electrons. The number of hydrogen-bond acceptors (Lipinski definition) is 6.